The third-order valence-electron chi connectivity index (χ3n) is 7.25. The van der Waals surface area contributed by atoms with Gasteiger partial charge >= 0.3 is 11.9 Å². The third kappa shape index (κ3) is 8.49. The van der Waals surface area contributed by atoms with E-state index in [0.717, 1.165) is 55.7 Å². The van der Waals surface area contributed by atoms with E-state index in [9.17, 15) is 14.0 Å². The van der Waals surface area contributed by atoms with Gasteiger partial charge in [-0.25, -0.2) is 14.0 Å². The van der Waals surface area contributed by atoms with Gasteiger partial charge in [0.15, 0.2) is 11.6 Å². The van der Waals surface area contributed by atoms with Crippen molar-refractivity contribution in [2.24, 2.45) is 5.41 Å². The Morgan fingerprint density at radius 1 is 0.825 bits per heavy atom. The molecule has 40 heavy (non-hydrogen) atoms. The predicted molar refractivity (Wildman–Crippen MR) is 156 cm³/mol. The fourth-order valence-corrected chi connectivity index (χ4v) is 4.73. The maximum absolute atomic E-state index is 14.7. The summed E-state index contributed by atoms with van der Waals surface area (Å²) < 4.78 is 30.9. The molecule has 6 heteroatoms. The average molecular weight is 549 g/mol. The first-order chi connectivity index (χ1) is 19.2. The van der Waals surface area contributed by atoms with E-state index >= 15 is 0 Å². The maximum atomic E-state index is 14.7. The summed E-state index contributed by atoms with van der Waals surface area (Å²) in [5, 5.41) is 0. The fourth-order valence-electron chi connectivity index (χ4n) is 4.73. The van der Waals surface area contributed by atoms with Gasteiger partial charge in [0.1, 0.15) is 6.10 Å². The molecule has 214 valence electrons. The average Bonchev–Trinajstić information content (AvgIpc) is 2.95. The van der Waals surface area contributed by atoms with Gasteiger partial charge in [-0.1, -0.05) is 76.9 Å². The number of benzene rings is 3. The summed E-state index contributed by atoms with van der Waals surface area (Å²) in [6, 6.07) is 19.1. The molecule has 1 unspecified atom stereocenters. The Bertz CT molecular complexity index is 1250. The molecule has 0 heterocycles. The van der Waals surface area contributed by atoms with Gasteiger partial charge in [-0.3, -0.25) is 0 Å². The SMILES string of the molecule is CCCC(CCC)OC(=O)c1ccc(OC(=O)c2ccc(-c3ccc(CC(C)(CC)COC)cc3)cc2)c(F)c1. The highest BCUT2D eigenvalue weighted by Gasteiger charge is 2.22. The number of esters is 2. The molecule has 0 aliphatic heterocycles. The summed E-state index contributed by atoms with van der Waals surface area (Å²) in [6.07, 6.45) is 5.06. The zero-order valence-corrected chi connectivity index (χ0v) is 24.3. The molecule has 0 fully saturated rings. The van der Waals surface area contributed by atoms with Gasteiger partial charge in [-0.05, 0) is 78.1 Å². The molecule has 0 amide bonds. The van der Waals surface area contributed by atoms with Crippen molar-refractivity contribution in [3.05, 3.63) is 89.2 Å². The topological polar surface area (TPSA) is 61.8 Å². The van der Waals surface area contributed by atoms with E-state index in [1.165, 1.54) is 17.7 Å². The van der Waals surface area contributed by atoms with E-state index in [1.807, 2.05) is 26.0 Å². The Morgan fingerprint density at radius 3 is 1.93 bits per heavy atom. The second-order valence-corrected chi connectivity index (χ2v) is 10.7. The summed E-state index contributed by atoms with van der Waals surface area (Å²) in [5.41, 5.74) is 3.70. The molecule has 0 aliphatic rings. The number of hydrogen-bond acceptors (Lipinski definition) is 5. The quantitative estimate of drug-likeness (QED) is 0.149. The Balaban J connectivity index is 1.63. The molecule has 3 aromatic carbocycles. The highest BCUT2D eigenvalue weighted by Crippen LogP contribution is 2.29. The number of carbonyl (C=O) groups excluding carboxylic acids is 2. The molecule has 0 aliphatic carbocycles. The predicted octanol–water partition coefficient (Wildman–Crippen LogP) is 8.44. The van der Waals surface area contributed by atoms with Crippen LogP contribution >= 0.6 is 0 Å². The summed E-state index contributed by atoms with van der Waals surface area (Å²) in [7, 11) is 1.73. The lowest BCUT2D eigenvalue weighted by Crippen LogP contribution is -2.24. The molecule has 5 nitrogen and oxygen atoms in total. The number of methoxy groups -OCH3 is 1. The van der Waals surface area contributed by atoms with Crippen LogP contribution in [0.3, 0.4) is 0 Å². The fraction of sp³-hybridized carbons (Fsp3) is 0.412. The van der Waals surface area contributed by atoms with Gasteiger partial charge < -0.3 is 14.2 Å². The van der Waals surface area contributed by atoms with Gasteiger partial charge in [0.25, 0.3) is 0 Å². The maximum Gasteiger partial charge on any atom is 0.343 e. The molecule has 0 radical (unpaired) electrons. The summed E-state index contributed by atoms with van der Waals surface area (Å²) in [6.45, 7) is 9.17. The Kier molecular flexibility index (Phi) is 11.4. The second kappa shape index (κ2) is 14.8. The van der Waals surface area contributed by atoms with Crippen LogP contribution in [0.2, 0.25) is 0 Å². The Morgan fingerprint density at radius 2 is 1.40 bits per heavy atom. The smallest absolute Gasteiger partial charge is 0.343 e. The van der Waals surface area contributed by atoms with E-state index in [-0.39, 0.29) is 22.8 Å². The van der Waals surface area contributed by atoms with Crippen LogP contribution in [0, 0.1) is 11.2 Å². The molecule has 1 atom stereocenters. The van der Waals surface area contributed by atoms with Crippen LogP contribution in [0.15, 0.2) is 66.7 Å². The van der Waals surface area contributed by atoms with Crippen molar-refractivity contribution in [2.75, 3.05) is 13.7 Å². The van der Waals surface area contributed by atoms with Crippen LogP contribution in [0.25, 0.3) is 11.1 Å². The van der Waals surface area contributed by atoms with Gasteiger partial charge in [-0.15, -0.1) is 0 Å². The van der Waals surface area contributed by atoms with Crippen molar-refractivity contribution in [3.8, 4) is 16.9 Å². The van der Waals surface area contributed by atoms with Crippen molar-refractivity contribution in [1.29, 1.82) is 0 Å². The van der Waals surface area contributed by atoms with Crippen LogP contribution in [0.5, 0.6) is 5.75 Å². The van der Waals surface area contributed by atoms with Crippen LogP contribution < -0.4 is 4.74 Å². The second-order valence-electron chi connectivity index (χ2n) is 10.7. The van der Waals surface area contributed by atoms with Crippen molar-refractivity contribution >= 4 is 11.9 Å². The van der Waals surface area contributed by atoms with E-state index in [1.54, 1.807) is 19.2 Å². The van der Waals surface area contributed by atoms with Gasteiger partial charge in [0.05, 0.1) is 17.7 Å². The van der Waals surface area contributed by atoms with Crippen LogP contribution in [-0.2, 0) is 15.9 Å². The lowest BCUT2D eigenvalue weighted by molar-refractivity contribution is 0.0258. The minimum Gasteiger partial charge on any atom is -0.459 e. The van der Waals surface area contributed by atoms with Crippen molar-refractivity contribution in [1.82, 2.24) is 0 Å². The highest BCUT2D eigenvalue weighted by molar-refractivity contribution is 5.92. The molecule has 0 spiro atoms. The van der Waals surface area contributed by atoms with Crippen LogP contribution in [0.1, 0.15) is 86.1 Å². The van der Waals surface area contributed by atoms with Gasteiger partial charge in [-0.2, -0.15) is 0 Å². The van der Waals surface area contributed by atoms with Crippen molar-refractivity contribution in [2.45, 2.75) is 72.3 Å². The monoisotopic (exact) mass is 548 g/mol. The number of halogens is 1. The highest BCUT2D eigenvalue weighted by atomic mass is 19.1. The molecular formula is C34H41FO5. The van der Waals surface area contributed by atoms with Crippen molar-refractivity contribution in [3.63, 3.8) is 0 Å². The molecular weight excluding hydrogens is 507 g/mol. The zero-order valence-electron chi connectivity index (χ0n) is 24.3. The Hall–Kier alpha value is -3.51. The van der Waals surface area contributed by atoms with Gasteiger partial charge in [0.2, 0.25) is 0 Å². The minimum atomic E-state index is -0.799. The molecule has 0 saturated heterocycles. The van der Waals surface area contributed by atoms with E-state index < -0.39 is 17.8 Å². The number of rotatable bonds is 14. The molecule has 0 aromatic heterocycles. The standard InChI is InChI=1S/C34H41FO5/c1-6-9-29(10-7-2)39-33(37)28-19-20-31(30(35)21-28)40-32(36)27-17-15-26(16-18-27)25-13-11-24(12-14-25)22-34(4,8-3)23-38-5/h11-21,29H,6-10,22-23H2,1-5H3. The van der Waals surface area contributed by atoms with Crippen molar-refractivity contribution < 1.29 is 28.2 Å². The molecule has 3 aromatic rings. The molecule has 0 saturated carbocycles. The van der Waals surface area contributed by atoms with E-state index in [2.05, 4.69) is 38.1 Å². The lowest BCUT2D eigenvalue weighted by atomic mass is 9.82. The minimum absolute atomic E-state index is 0.0860. The summed E-state index contributed by atoms with van der Waals surface area (Å²) in [4.78, 5) is 25.2. The number of hydrogen-bond donors (Lipinski definition) is 0. The summed E-state index contributed by atoms with van der Waals surface area (Å²) >= 11 is 0. The number of ether oxygens (including phenoxy) is 3. The lowest BCUT2D eigenvalue weighted by Gasteiger charge is -2.27. The first kappa shape index (κ1) is 31.0. The first-order valence-corrected chi connectivity index (χ1v) is 14.1. The zero-order chi connectivity index (χ0) is 29.1. The van der Waals surface area contributed by atoms with Gasteiger partial charge in [0, 0.05) is 7.11 Å². The van der Waals surface area contributed by atoms with E-state index in [4.69, 9.17) is 14.2 Å². The van der Waals surface area contributed by atoms with Crippen LogP contribution in [-0.4, -0.2) is 31.8 Å². The third-order valence-corrected chi connectivity index (χ3v) is 7.25. The number of carbonyl (C=O) groups is 2. The largest absolute Gasteiger partial charge is 0.459 e. The normalized spacial score (nSPS) is 12.7. The molecule has 0 bridgehead atoms. The molecule has 0 N–H and O–H groups in total. The van der Waals surface area contributed by atoms with Crippen LogP contribution in [0.4, 0.5) is 4.39 Å². The first-order valence-electron chi connectivity index (χ1n) is 14.1. The Labute approximate surface area is 237 Å². The molecule has 3 rings (SSSR count). The summed E-state index contributed by atoms with van der Waals surface area (Å²) in [5.74, 6) is -2.31. The van der Waals surface area contributed by atoms with E-state index in [0.29, 0.717) is 12.2 Å².